The zero-order valence-corrected chi connectivity index (χ0v) is 30.5. The summed E-state index contributed by atoms with van der Waals surface area (Å²) < 4.78 is 0. The van der Waals surface area contributed by atoms with Gasteiger partial charge in [-0.3, -0.25) is 0 Å². The van der Waals surface area contributed by atoms with Gasteiger partial charge in [0, 0.05) is 5.56 Å². The van der Waals surface area contributed by atoms with E-state index in [0.29, 0.717) is 5.56 Å². The van der Waals surface area contributed by atoms with Crippen molar-refractivity contribution in [1.29, 1.82) is 5.26 Å². The van der Waals surface area contributed by atoms with Crippen LogP contribution in [0.4, 0.5) is 0 Å². The highest BCUT2D eigenvalue weighted by Crippen LogP contribution is 2.40. The number of rotatable bonds is 4. The summed E-state index contributed by atoms with van der Waals surface area (Å²) in [7, 11) is 0. The molecule has 0 aromatic heterocycles. The molecule has 1 heteroatoms. The maximum atomic E-state index is 10.3. The Bertz CT molecular complexity index is 3370. The molecule has 0 N–H and O–H groups in total. The van der Waals surface area contributed by atoms with Crippen LogP contribution in [-0.4, -0.2) is 0 Å². The van der Waals surface area contributed by atoms with Crippen LogP contribution in [0.25, 0.3) is 109 Å². The van der Waals surface area contributed by atoms with E-state index in [1.807, 2.05) is 6.07 Å². The lowest BCUT2D eigenvalue weighted by molar-refractivity contribution is 1.47. The number of nitrogens with zero attached hydrogens (tertiary/aromatic N) is 1. The van der Waals surface area contributed by atoms with Gasteiger partial charge in [0.2, 0.25) is 0 Å². The van der Waals surface area contributed by atoms with E-state index in [1.165, 1.54) is 70.2 Å². The van der Waals surface area contributed by atoms with Gasteiger partial charge >= 0.3 is 0 Å². The zero-order chi connectivity index (χ0) is 37.2. The lowest BCUT2D eigenvalue weighted by Crippen LogP contribution is -1.89. The molecule has 0 aliphatic heterocycles. The summed E-state index contributed by atoms with van der Waals surface area (Å²) in [6.45, 7) is 0. The molecule has 0 saturated carbocycles. The van der Waals surface area contributed by atoms with Crippen molar-refractivity contribution in [3.8, 4) is 50.6 Å². The van der Waals surface area contributed by atoms with E-state index >= 15 is 0 Å². The number of nitriles is 1. The van der Waals surface area contributed by atoms with Crippen molar-refractivity contribution in [3.05, 3.63) is 206 Å². The van der Waals surface area contributed by atoms with Gasteiger partial charge in [0.15, 0.2) is 0 Å². The first-order valence-corrected chi connectivity index (χ1v) is 19.1. The van der Waals surface area contributed by atoms with Crippen LogP contribution in [0.3, 0.4) is 0 Å². The Hall–Kier alpha value is -7.53. The summed E-state index contributed by atoms with van der Waals surface area (Å²) >= 11 is 0. The summed E-state index contributed by atoms with van der Waals surface area (Å²) in [5.41, 5.74) is 9.41. The SMILES string of the molecule is N#Cc1ccc(-c2cccc(-c3ccc4c5ccccc5c5ccccc5c4c3)c2)cc1-c1cccc(-c2ccc3c4ccccc4c4ccccc4c3c2)c1. The smallest absolute Gasteiger partial charge is 0.0998 e. The molecular weight excluding hydrogens is 675 g/mol. The van der Waals surface area contributed by atoms with Crippen molar-refractivity contribution in [2.45, 2.75) is 0 Å². The van der Waals surface area contributed by atoms with Gasteiger partial charge in [0.1, 0.15) is 0 Å². The molecule has 0 amide bonds. The molecule has 11 aromatic carbocycles. The van der Waals surface area contributed by atoms with E-state index in [9.17, 15) is 5.26 Å². The number of hydrogen-bond donors (Lipinski definition) is 0. The van der Waals surface area contributed by atoms with Crippen LogP contribution < -0.4 is 0 Å². The maximum Gasteiger partial charge on any atom is 0.0998 e. The summed E-state index contributed by atoms with van der Waals surface area (Å²) in [5, 5.41) is 25.5. The molecule has 0 bridgehead atoms. The van der Waals surface area contributed by atoms with Gasteiger partial charge in [-0.1, -0.05) is 164 Å². The quantitative estimate of drug-likeness (QED) is 0.167. The van der Waals surface area contributed by atoms with Crippen molar-refractivity contribution < 1.29 is 0 Å². The van der Waals surface area contributed by atoms with E-state index in [1.54, 1.807) is 0 Å². The lowest BCUT2D eigenvalue weighted by Gasteiger charge is -2.14. The van der Waals surface area contributed by atoms with Crippen molar-refractivity contribution in [2.24, 2.45) is 0 Å². The number of benzene rings is 11. The summed E-state index contributed by atoms with van der Waals surface area (Å²) in [5.74, 6) is 0. The first kappa shape index (κ1) is 31.9. The van der Waals surface area contributed by atoms with E-state index in [0.717, 1.165) is 38.9 Å². The molecule has 11 aromatic rings. The molecule has 0 aliphatic carbocycles. The van der Waals surface area contributed by atoms with Gasteiger partial charge in [-0.2, -0.15) is 5.26 Å². The van der Waals surface area contributed by atoms with Gasteiger partial charge in [-0.15, -0.1) is 0 Å². The Labute approximate surface area is 325 Å². The van der Waals surface area contributed by atoms with E-state index in [-0.39, 0.29) is 0 Å². The first-order valence-electron chi connectivity index (χ1n) is 19.1. The van der Waals surface area contributed by atoms with Gasteiger partial charge in [0.05, 0.1) is 11.6 Å². The summed E-state index contributed by atoms with van der Waals surface area (Å²) in [4.78, 5) is 0. The predicted octanol–water partition coefficient (Wildman–Crippen LogP) is 15.1. The molecule has 11 rings (SSSR count). The molecule has 0 spiro atoms. The fraction of sp³-hybridized carbons (Fsp3) is 0. The molecule has 0 atom stereocenters. The highest BCUT2D eigenvalue weighted by Gasteiger charge is 2.14. The van der Waals surface area contributed by atoms with Gasteiger partial charge in [-0.25, -0.2) is 0 Å². The summed E-state index contributed by atoms with van der Waals surface area (Å²) in [6.07, 6.45) is 0. The third-order valence-corrected chi connectivity index (χ3v) is 11.7. The Morgan fingerprint density at radius 2 is 0.536 bits per heavy atom. The molecule has 0 heterocycles. The highest BCUT2D eigenvalue weighted by molar-refractivity contribution is 6.27. The van der Waals surface area contributed by atoms with Crippen LogP contribution in [0.5, 0.6) is 0 Å². The van der Waals surface area contributed by atoms with Crippen LogP contribution >= 0.6 is 0 Å². The standard InChI is InChI=1S/C55H33N/c56-34-42-24-23-38(35-11-9-12-36(29-35)39-25-27-51-47-19-3-1-15-43(47)45-17-5-7-21-49(45)54(51)32-39)31-53(42)41-14-10-13-37(30-41)40-26-28-52-48-20-4-2-16-44(48)46-18-6-8-22-50(46)55(52)33-40/h1-33H. The predicted molar refractivity (Wildman–Crippen MR) is 238 cm³/mol. The van der Waals surface area contributed by atoms with Crippen LogP contribution in [0.15, 0.2) is 200 Å². The Balaban J connectivity index is 0.997. The minimum absolute atomic E-state index is 0.659. The highest BCUT2D eigenvalue weighted by atomic mass is 14.3. The van der Waals surface area contributed by atoms with E-state index < -0.39 is 0 Å². The van der Waals surface area contributed by atoms with Crippen molar-refractivity contribution in [2.75, 3.05) is 0 Å². The molecule has 0 saturated heterocycles. The minimum atomic E-state index is 0.659. The van der Waals surface area contributed by atoms with Gasteiger partial charge in [0.25, 0.3) is 0 Å². The average Bonchev–Trinajstić information content (AvgIpc) is 3.28. The molecule has 56 heavy (non-hydrogen) atoms. The normalized spacial score (nSPS) is 11.6. The molecule has 0 fully saturated rings. The fourth-order valence-corrected chi connectivity index (χ4v) is 8.98. The van der Waals surface area contributed by atoms with E-state index in [4.69, 9.17) is 0 Å². The van der Waals surface area contributed by atoms with Gasteiger partial charge < -0.3 is 0 Å². The second-order valence-electron chi connectivity index (χ2n) is 14.7. The first-order chi connectivity index (χ1) is 27.7. The molecule has 258 valence electrons. The van der Waals surface area contributed by atoms with Crippen molar-refractivity contribution in [3.63, 3.8) is 0 Å². The number of hydrogen-bond acceptors (Lipinski definition) is 1. The monoisotopic (exact) mass is 707 g/mol. The number of fused-ring (bicyclic) bond motifs is 12. The Morgan fingerprint density at radius 1 is 0.232 bits per heavy atom. The molecule has 0 radical (unpaired) electrons. The second-order valence-corrected chi connectivity index (χ2v) is 14.7. The van der Waals surface area contributed by atoms with Crippen LogP contribution in [0.2, 0.25) is 0 Å². The minimum Gasteiger partial charge on any atom is -0.192 e. The maximum absolute atomic E-state index is 10.3. The van der Waals surface area contributed by atoms with Crippen LogP contribution in [-0.2, 0) is 0 Å². The molecule has 0 aliphatic rings. The second kappa shape index (κ2) is 12.8. The topological polar surface area (TPSA) is 23.8 Å². The third-order valence-electron chi connectivity index (χ3n) is 11.7. The van der Waals surface area contributed by atoms with E-state index in [2.05, 4.69) is 200 Å². The third kappa shape index (κ3) is 5.08. The largest absolute Gasteiger partial charge is 0.192 e. The fourth-order valence-electron chi connectivity index (χ4n) is 8.98. The van der Waals surface area contributed by atoms with Crippen LogP contribution in [0.1, 0.15) is 5.56 Å². The Morgan fingerprint density at radius 3 is 0.946 bits per heavy atom. The molecule has 1 nitrogen and oxygen atoms in total. The van der Waals surface area contributed by atoms with Crippen molar-refractivity contribution in [1.82, 2.24) is 0 Å². The van der Waals surface area contributed by atoms with Crippen molar-refractivity contribution >= 4 is 64.6 Å². The lowest BCUT2D eigenvalue weighted by atomic mass is 9.90. The Kier molecular flexibility index (Phi) is 7.31. The zero-order valence-electron chi connectivity index (χ0n) is 30.5. The average molecular weight is 708 g/mol. The van der Waals surface area contributed by atoms with Gasteiger partial charge in [-0.05, 0) is 140 Å². The summed E-state index contributed by atoms with van der Waals surface area (Å²) in [6, 6.07) is 74.6. The van der Waals surface area contributed by atoms with Crippen LogP contribution in [0, 0.1) is 11.3 Å². The molecule has 0 unspecified atom stereocenters. The molecular formula is C55H33N.